The van der Waals surface area contributed by atoms with Crippen LogP contribution in [0.25, 0.3) is 0 Å². The van der Waals surface area contributed by atoms with Crippen molar-refractivity contribution in [3.63, 3.8) is 0 Å². The van der Waals surface area contributed by atoms with Crippen LogP contribution in [0.15, 0.2) is 12.2 Å². The van der Waals surface area contributed by atoms with Crippen molar-refractivity contribution in [3.05, 3.63) is 12.2 Å². The van der Waals surface area contributed by atoms with E-state index in [1.807, 2.05) is 6.08 Å². The van der Waals surface area contributed by atoms with Gasteiger partial charge in [-0.05, 0) is 12.8 Å². The van der Waals surface area contributed by atoms with Crippen molar-refractivity contribution >= 4 is 0 Å². The first-order valence-electron chi connectivity index (χ1n) is 4.26. The van der Waals surface area contributed by atoms with E-state index in [4.69, 9.17) is 10.2 Å². The van der Waals surface area contributed by atoms with Gasteiger partial charge < -0.3 is 10.2 Å². The lowest BCUT2D eigenvalue weighted by Gasteiger charge is -1.97. The predicted octanol–water partition coefficient (Wildman–Crippen LogP) is 1.48. The molecule has 0 aliphatic heterocycles. The molecule has 0 saturated heterocycles. The quantitative estimate of drug-likeness (QED) is 0.454. The predicted molar refractivity (Wildman–Crippen MR) is 46.4 cm³/mol. The number of hydrogen-bond acceptors (Lipinski definition) is 2. The lowest BCUT2D eigenvalue weighted by Crippen LogP contribution is -2.06. The molecule has 66 valence electrons. The van der Waals surface area contributed by atoms with Crippen LogP contribution >= 0.6 is 0 Å². The van der Waals surface area contributed by atoms with Crippen LogP contribution in [-0.2, 0) is 0 Å². The van der Waals surface area contributed by atoms with Crippen molar-refractivity contribution in [1.29, 1.82) is 0 Å². The topological polar surface area (TPSA) is 40.5 Å². The monoisotopic (exact) mass is 158 g/mol. The van der Waals surface area contributed by atoms with Crippen molar-refractivity contribution in [1.82, 2.24) is 0 Å². The van der Waals surface area contributed by atoms with Crippen molar-refractivity contribution < 1.29 is 10.2 Å². The molecule has 0 aliphatic rings. The summed E-state index contributed by atoms with van der Waals surface area (Å²) in [6.07, 6.45) is 7.54. The summed E-state index contributed by atoms with van der Waals surface area (Å²) in [5, 5.41) is 17.3. The number of hydrogen-bond donors (Lipinski definition) is 2. The van der Waals surface area contributed by atoms with E-state index in [0.29, 0.717) is 0 Å². The molecule has 2 heteroatoms. The van der Waals surface area contributed by atoms with E-state index >= 15 is 0 Å². The third-order valence-corrected chi connectivity index (χ3v) is 1.52. The largest absolute Gasteiger partial charge is 0.393 e. The highest BCUT2D eigenvalue weighted by Gasteiger charge is 1.91. The fraction of sp³-hybridized carbons (Fsp3) is 0.778. The van der Waals surface area contributed by atoms with Gasteiger partial charge in [-0.2, -0.15) is 0 Å². The summed E-state index contributed by atoms with van der Waals surface area (Å²) in [5.41, 5.74) is 0. The highest BCUT2D eigenvalue weighted by atomic mass is 16.3. The van der Waals surface area contributed by atoms with Crippen LogP contribution in [0.3, 0.4) is 0 Å². The normalized spacial score (nSPS) is 14.1. The summed E-state index contributed by atoms with van der Waals surface area (Å²) in [6.45, 7) is 1.98. The van der Waals surface area contributed by atoms with Crippen LogP contribution < -0.4 is 0 Å². The van der Waals surface area contributed by atoms with E-state index in [9.17, 15) is 0 Å². The van der Waals surface area contributed by atoms with E-state index in [0.717, 1.165) is 6.42 Å². The molecule has 0 rings (SSSR count). The second kappa shape index (κ2) is 7.76. The molecule has 0 radical (unpaired) electrons. The van der Waals surface area contributed by atoms with Gasteiger partial charge in [0.1, 0.15) is 0 Å². The molecule has 0 saturated carbocycles. The summed E-state index contributed by atoms with van der Waals surface area (Å²) in [4.78, 5) is 0. The van der Waals surface area contributed by atoms with E-state index in [-0.39, 0.29) is 6.61 Å². The molecule has 0 aliphatic carbocycles. The number of aliphatic hydroxyl groups is 2. The second-order valence-electron chi connectivity index (χ2n) is 2.67. The van der Waals surface area contributed by atoms with Gasteiger partial charge in [-0.1, -0.05) is 31.9 Å². The van der Waals surface area contributed by atoms with Gasteiger partial charge in [-0.25, -0.2) is 0 Å². The highest BCUT2D eigenvalue weighted by molar-refractivity contribution is 4.87. The van der Waals surface area contributed by atoms with Crippen LogP contribution in [-0.4, -0.2) is 22.9 Å². The van der Waals surface area contributed by atoms with Crippen molar-refractivity contribution in [2.75, 3.05) is 6.61 Å². The molecule has 1 atom stereocenters. The van der Waals surface area contributed by atoms with Crippen LogP contribution in [0.5, 0.6) is 0 Å². The molecule has 0 amide bonds. The lowest BCUT2D eigenvalue weighted by atomic mass is 10.2. The average Bonchev–Trinajstić information content (AvgIpc) is 2.04. The summed E-state index contributed by atoms with van der Waals surface area (Å²) in [5.74, 6) is 0. The second-order valence-corrected chi connectivity index (χ2v) is 2.67. The van der Waals surface area contributed by atoms with E-state index < -0.39 is 6.10 Å². The van der Waals surface area contributed by atoms with Gasteiger partial charge >= 0.3 is 0 Å². The van der Waals surface area contributed by atoms with Crippen molar-refractivity contribution in [2.45, 2.75) is 38.7 Å². The minimum Gasteiger partial charge on any atom is -0.393 e. The Hall–Kier alpha value is -0.340. The number of aliphatic hydroxyl groups excluding tert-OH is 2. The Bertz CT molecular complexity index is 99.7. The van der Waals surface area contributed by atoms with Crippen LogP contribution in [0.1, 0.15) is 32.6 Å². The number of allylic oxidation sites excluding steroid dienone is 1. The Morgan fingerprint density at radius 2 is 2.09 bits per heavy atom. The Kier molecular flexibility index (Phi) is 7.52. The first-order valence-corrected chi connectivity index (χ1v) is 4.26. The van der Waals surface area contributed by atoms with Gasteiger partial charge in [0, 0.05) is 0 Å². The molecule has 0 spiro atoms. The SMILES string of the molecule is CCCCC/C=C\[C@H](O)CO. The average molecular weight is 158 g/mol. The molecule has 0 aromatic heterocycles. The number of rotatable bonds is 6. The maximum absolute atomic E-state index is 8.88. The minimum absolute atomic E-state index is 0.176. The van der Waals surface area contributed by atoms with Gasteiger partial charge in [0.15, 0.2) is 0 Å². The molecule has 0 aromatic carbocycles. The molecule has 0 aromatic rings. The van der Waals surface area contributed by atoms with Gasteiger partial charge in [-0.15, -0.1) is 0 Å². The van der Waals surface area contributed by atoms with E-state index in [1.54, 1.807) is 6.08 Å². The molecule has 0 unspecified atom stereocenters. The summed E-state index contributed by atoms with van der Waals surface area (Å²) in [7, 11) is 0. The van der Waals surface area contributed by atoms with Gasteiger partial charge in [0.05, 0.1) is 12.7 Å². The lowest BCUT2D eigenvalue weighted by molar-refractivity contribution is 0.131. The Balaban J connectivity index is 3.15. The Labute approximate surface area is 68.6 Å². The zero-order valence-electron chi connectivity index (χ0n) is 7.16. The molecule has 11 heavy (non-hydrogen) atoms. The third kappa shape index (κ3) is 7.56. The first-order chi connectivity index (χ1) is 5.31. The van der Waals surface area contributed by atoms with E-state index in [2.05, 4.69) is 6.92 Å². The smallest absolute Gasteiger partial charge is 0.0951 e. The first kappa shape index (κ1) is 10.7. The fourth-order valence-corrected chi connectivity index (χ4v) is 0.826. The molecule has 0 bridgehead atoms. The van der Waals surface area contributed by atoms with Crippen molar-refractivity contribution in [3.8, 4) is 0 Å². The van der Waals surface area contributed by atoms with E-state index in [1.165, 1.54) is 19.3 Å². The van der Waals surface area contributed by atoms with Crippen LogP contribution in [0, 0.1) is 0 Å². The third-order valence-electron chi connectivity index (χ3n) is 1.52. The standard InChI is InChI=1S/C9H18O2/c1-2-3-4-5-6-7-9(11)8-10/h6-7,9-11H,2-5,8H2,1H3/b7-6-/t9-/m0/s1. The summed E-state index contributed by atoms with van der Waals surface area (Å²) < 4.78 is 0. The fourth-order valence-electron chi connectivity index (χ4n) is 0.826. The zero-order valence-corrected chi connectivity index (χ0v) is 7.16. The van der Waals surface area contributed by atoms with Gasteiger partial charge in [0.25, 0.3) is 0 Å². The van der Waals surface area contributed by atoms with Crippen LogP contribution in [0.4, 0.5) is 0 Å². The molecular formula is C9H18O2. The molecular weight excluding hydrogens is 140 g/mol. The van der Waals surface area contributed by atoms with Gasteiger partial charge in [0.2, 0.25) is 0 Å². The summed E-state index contributed by atoms with van der Waals surface area (Å²) in [6, 6.07) is 0. The number of unbranched alkanes of at least 4 members (excludes halogenated alkanes) is 3. The maximum atomic E-state index is 8.88. The van der Waals surface area contributed by atoms with Crippen molar-refractivity contribution in [2.24, 2.45) is 0 Å². The van der Waals surface area contributed by atoms with Gasteiger partial charge in [-0.3, -0.25) is 0 Å². The summed E-state index contributed by atoms with van der Waals surface area (Å²) >= 11 is 0. The van der Waals surface area contributed by atoms with Crippen LogP contribution in [0.2, 0.25) is 0 Å². The highest BCUT2D eigenvalue weighted by Crippen LogP contribution is 1.99. The minimum atomic E-state index is -0.670. The zero-order chi connectivity index (χ0) is 8.53. The molecule has 0 fully saturated rings. The maximum Gasteiger partial charge on any atom is 0.0951 e. The molecule has 2 N–H and O–H groups in total. The Morgan fingerprint density at radius 1 is 1.36 bits per heavy atom. The molecule has 0 heterocycles. The Morgan fingerprint density at radius 3 is 2.64 bits per heavy atom. The molecule has 2 nitrogen and oxygen atoms in total.